The summed E-state index contributed by atoms with van der Waals surface area (Å²) in [5.74, 6) is 0. The maximum Gasteiger partial charge on any atom is 0.0947 e. The van der Waals surface area contributed by atoms with E-state index in [2.05, 4.69) is 32.9 Å². The van der Waals surface area contributed by atoms with E-state index in [9.17, 15) is 0 Å². The van der Waals surface area contributed by atoms with Gasteiger partial charge in [0.15, 0.2) is 0 Å². The quantitative estimate of drug-likeness (QED) is 0.0835. The Morgan fingerprint density at radius 3 is 1.08 bits per heavy atom. The van der Waals surface area contributed by atoms with Crippen molar-refractivity contribution in [2.24, 2.45) is 5.73 Å². The average molecular weight is 549 g/mol. The summed E-state index contributed by atoms with van der Waals surface area (Å²) in [6.07, 6.45) is 30.8. The first-order valence-electron chi connectivity index (χ1n) is 17.1. The normalized spacial score (nSPS) is 10.9. The summed E-state index contributed by atoms with van der Waals surface area (Å²) in [6.45, 7) is 8.90. The molecule has 0 fully saturated rings. The molecule has 230 valence electrons. The standard InChI is InChI=1S/C32H59NO2.C3H9N/c1-3-5-7-9-11-13-15-16-18-20-22-27-31-35-33(32-28-24-23-25-29-32)34-30-26-21-19-17-14-12-10-8-6-4-2;1-2-3-4/h23-25,28-29H,3-22,26-27,30-31H2,1-2H3;2-4H2,1H3. The zero-order valence-electron chi connectivity index (χ0n) is 26.6. The van der Waals surface area contributed by atoms with Crippen molar-refractivity contribution >= 4 is 5.69 Å². The molecule has 0 bridgehead atoms. The number of unbranched alkanes of at least 4 members (excludes halogenated alkanes) is 20. The highest BCUT2D eigenvalue weighted by molar-refractivity contribution is 5.40. The van der Waals surface area contributed by atoms with Gasteiger partial charge in [-0.05, 0) is 37.9 Å². The molecule has 0 radical (unpaired) electrons. The van der Waals surface area contributed by atoms with Gasteiger partial charge in [-0.15, -0.1) is 5.23 Å². The third-order valence-corrected chi connectivity index (χ3v) is 7.17. The fourth-order valence-corrected chi connectivity index (χ4v) is 4.56. The molecule has 0 amide bonds. The number of hydrogen-bond donors (Lipinski definition) is 1. The molecule has 0 saturated carbocycles. The van der Waals surface area contributed by atoms with Crippen LogP contribution in [0.1, 0.15) is 168 Å². The summed E-state index contributed by atoms with van der Waals surface area (Å²) in [5, 5.41) is 1.66. The monoisotopic (exact) mass is 549 g/mol. The highest BCUT2D eigenvalue weighted by Gasteiger charge is 2.08. The molecule has 0 saturated heterocycles. The molecule has 0 unspecified atom stereocenters. The SMILES string of the molecule is CCCCCCCCCCCCCCON(OCCCCCCCCCCCC)c1ccccc1.CCCN. The molecule has 1 rings (SSSR count). The van der Waals surface area contributed by atoms with Crippen LogP contribution >= 0.6 is 0 Å². The number of benzene rings is 1. The second-order valence-corrected chi connectivity index (χ2v) is 11.1. The largest absolute Gasteiger partial charge is 0.330 e. The van der Waals surface area contributed by atoms with Gasteiger partial charge in [0, 0.05) is 0 Å². The molecule has 0 aliphatic carbocycles. The molecule has 1 aromatic rings. The van der Waals surface area contributed by atoms with Gasteiger partial charge in [0.05, 0.1) is 18.9 Å². The molecule has 0 aliphatic rings. The fraction of sp³-hybridized carbons (Fsp3) is 0.829. The van der Waals surface area contributed by atoms with Crippen LogP contribution in [0.25, 0.3) is 0 Å². The minimum absolute atomic E-state index is 0.726. The van der Waals surface area contributed by atoms with Crippen LogP contribution in [0.15, 0.2) is 30.3 Å². The van der Waals surface area contributed by atoms with Gasteiger partial charge in [-0.25, -0.2) is 9.68 Å². The van der Waals surface area contributed by atoms with E-state index in [1.54, 1.807) is 5.23 Å². The maximum absolute atomic E-state index is 6.02. The van der Waals surface area contributed by atoms with Crippen molar-refractivity contribution in [2.45, 2.75) is 168 Å². The first-order valence-corrected chi connectivity index (χ1v) is 17.1. The molecule has 0 atom stereocenters. The average Bonchev–Trinajstić information content (AvgIpc) is 2.97. The van der Waals surface area contributed by atoms with E-state index in [1.807, 2.05) is 18.2 Å². The Labute approximate surface area is 244 Å². The molecule has 0 aromatic heterocycles. The molecule has 0 heterocycles. The molecular formula is C35H68N2O2. The van der Waals surface area contributed by atoms with Crippen LogP contribution in [-0.4, -0.2) is 19.8 Å². The number of para-hydroxylation sites is 1. The minimum atomic E-state index is 0.726. The minimum Gasteiger partial charge on any atom is -0.330 e. The van der Waals surface area contributed by atoms with Crippen LogP contribution in [0.2, 0.25) is 0 Å². The zero-order chi connectivity index (χ0) is 28.5. The van der Waals surface area contributed by atoms with Crippen molar-refractivity contribution in [1.82, 2.24) is 0 Å². The smallest absolute Gasteiger partial charge is 0.0947 e. The van der Waals surface area contributed by atoms with Crippen LogP contribution in [0.5, 0.6) is 0 Å². The fourth-order valence-electron chi connectivity index (χ4n) is 4.56. The van der Waals surface area contributed by atoms with Gasteiger partial charge in [-0.1, -0.05) is 167 Å². The van der Waals surface area contributed by atoms with Gasteiger partial charge in [-0.3, -0.25) is 0 Å². The lowest BCUT2D eigenvalue weighted by atomic mass is 10.1. The van der Waals surface area contributed by atoms with Crippen molar-refractivity contribution < 1.29 is 9.68 Å². The molecule has 0 aliphatic heterocycles. The number of hydrogen-bond acceptors (Lipinski definition) is 4. The van der Waals surface area contributed by atoms with Gasteiger partial charge in [0.25, 0.3) is 0 Å². The van der Waals surface area contributed by atoms with Crippen molar-refractivity contribution in [2.75, 3.05) is 25.0 Å². The van der Waals surface area contributed by atoms with Crippen molar-refractivity contribution in [3.05, 3.63) is 30.3 Å². The summed E-state index contributed by atoms with van der Waals surface area (Å²) >= 11 is 0. The van der Waals surface area contributed by atoms with E-state index in [0.29, 0.717) is 0 Å². The van der Waals surface area contributed by atoms with E-state index in [4.69, 9.17) is 15.4 Å². The van der Waals surface area contributed by atoms with Crippen LogP contribution in [0.4, 0.5) is 5.69 Å². The van der Waals surface area contributed by atoms with Crippen molar-refractivity contribution in [3.63, 3.8) is 0 Å². The topological polar surface area (TPSA) is 47.7 Å². The Bertz CT molecular complexity index is 553. The highest BCUT2D eigenvalue weighted by Crippen LogP contribution is 2.17. The van der Waals surface area contributed by atoms with E-state index in [0.717, 1.165) is 44.7 Å². The van der Waals surface area contributed by atoms with Gasteiger partial charge in [0.2, 0.25) is 0 Å². The van der Waals surface area contributed by atoms with Crippen LogP contribution in [0.3, 0.4) is 0 Å². The van der Waals surface area contributed by atoms with Crippen LogP contribution in [0, 0.1) is 0 Å². The lowest BCUT2D eigenvalue weighted by molar-refractivity contribution is -0.0914. The Hall–Kier alpha value is -1.10. The maximum atomic E-state index is 6.02. The van der Waals surface area contributed by atoms with Crippen molar-refractivity contribution in [3.8, 4) is 0 Å². The van der Waals surface area contributed by atoms with Gasteiger partial charge >= 0.3 is 0 Å². The number of rotatable bonds is 28. The number of nitrogens with two attached hydrogens (primary N) is 1. The Morgan fingerprint density at radius 2 is 0.769 bits per heavy atom. The molecule has 4 nitrogen and oxygen atoms in total. The number of nitrogens with zero attached hydrogens (tertiary/aromatic N) is 1. The van der Waals surface area contributed by atoms with Gasteiger partial charge < -0.3 is 5.73 Å². The Morgan fingerprint density at radius 1 is 0.462 bits per heavy atom. The summed E-state index contributed by atoms with van der Waals surface area (Å²) in [7, 11) is 0. The Balaban J connectivity index is 0.00000336. The van der Waals surface area contributed by atoms with Crippen LogP contribution in [-0.2, 0) is 9.68 Å². The summed E-state index contributed by atoms with van der Waals surface area (Å²) in [4.78, 5) is 12.0. The second-order valence-electron chi connectivity index (χ2n) is 11.1. The summed E-state index contributed by atoms with van der Waals surface area (Å²) in [6, 6.07) is 10.2. The van der Waals surface area contributed by atoms with E-state index in [-0.39, 0.29) is 0 Å². The predicted molar refractivity (Wildman–Crippen MR) is 173 cm³/mol. The zero-order valence-corrected chi connectivity index (χ0v) is 26.6. The third kappa shape index (κ3) is 28.2. The summed E-state index contributed by atoms with van der Waals surface area (Å²) < 4.78 is 0. The second kappa shape index (κ2) is 33.1. The van der Waals surface area contributed by atoms with Crippen molar-refractivity contribution in [1.29, 1.82) is 0 Å². The first-order chi connectivity index (χ1) is 19.3. The van der Waals surface area contributed by atoms with Gasteiger partial charge in [0.1, 0.15) is 0 Å². The lowest BCUT2D eigenvalue weighted by Gasteiger charge is -2.22. The summed E-state index contributed by atoms with van der Waals surface area (Å²) in [5.41, 5.74) is 6.01. The molecule has 39 heavy (non-hydrogen) atoms. The van der Waals surface area contributed by atoms with Gasteiger partial charge in [-0.2, -0.15) is 0 Å². The number of anilines is 1. The van der Waals surface area contributed by atoms with E-state index >= 15 is 0 Å². The molecule has 1 aromatic carbocycles. The first kappa shape index (κ1) is 37.9. The highest BCUT2D eigenvalue weighted by atomic mass is 16.9. The molecule has 0 spiro atoms. The van der Waals surface area contributed by atoms with E-state index < -0.39 is 0 Å². The molecular weight excluding hydrogens is 480 g/mol. The van der Waals surface area contributed by atoms with E-state index in [1.165, 1.54) is 128 Å². The molecule has 4 heteroatoms. The lowest BCUT2D eigenvalue weighted by Crippen LogP contribution is -2.25. The molecule has 2 N–H and O–H groups in total. The Kier molecular flexibility index (Phi) is 32.2. The van der Waals surface area contributed by atoms with Crippen LogP contribution < -0.4 is 11.0 Å². The predicted octanol–water partition coefficient (Wildman–Crippen LogP) is 11.3. The third-order valence-electron chi connectivity index (χ3n) is 7.17.